The van der Waals surface area contributed by atoms with Crippen molar-refractivity contribution < 1.29 is 9.90 Å². The maximum atomic E-state index is 12.6. The van der Waals surface area contributed by atoms with E-state index in [1.807, 2.05) is 0 Å². The molecule has 1 saturated carbocycles. The van der Waals surface area contributed by atoms with Crippen LogP contribution in [-0.2, 0) is 7.05 Å². The third-order valence-electron chi connectivity index (χ3n) is 4.99. The molecule has 0 bridgehead atoms. The van der Waals surface area contributed by atoms with Crippen molar-refractivity contribution in [1.82, 2.24) is 19.4 Å². The van der Waals surface area contributed by atoms with Crippen LogP contribution in [-0.4, -0.2) is 49.6 Å². The standard InChI is InChI=1S/C15H16N4O4/c1-18-11-9(12(21)17-14(18)23)4-8(5-16-11)13(22)19-6-10(20)15(7-19)2-3-15/h4-5,10,20H,2-3,6-7H2,1H3,(H,17,21,23). The molecule has 2 aromatic heterocycles. The molecular formula is C15H16N4O4. The van der Waals surface area contributed by atoms with E-state index in [2.05, 4.69) is 9.97 Å². The second kappa shape index (κ2) is 4.51. The average molecular weight is 316 g/mol. The Balaban J connectivity index is 1.74. The van der Waals surface area contributed by atoms with Gasteiger partial charge >= 0.3 is 5.69 Å². The summed E-state index contributed by atoms with van der Waals surface area (Å²) in [7, 11) is 1.50. The van der Waals surface area contributed by atoms with Crippen LogP contribution in [0.2, 0.25) is 0 Å². The number of aliphatic hydroxyl groups excluding tert-OH is 1. The number of aliphatic hydroxyl groups is 1. The van der Waals surface area contributed by atoms with Crippen molar-refractivity contribution in [3.8, 4) is 0 Å². The number of rotatable bonds is 1. The van der Waals surface area contributed by atoms with Crippen molar-refractivity contribution in [3.05, 3.63) is 38.7 Å². The molecule has 4 rings (SSSR count). The molecule has 120 valence electrons. The molecule has 1 aliphatic heterocycles. The summed E-state index contributed by atoms with van der Waals surface area (Å²) in [6, 6.07) is 1.45. The Morgan fingerprint density at radius 2 is 2.17 bits per heavy atom. The zero-order valence-electron chi connectivity index (χ0n) is 12.6. The zero-order valence-corrected chi connectivity index (χ0v) is 12.6. The topological polar surface area (TPSA) is 108 Å². The highest BCUT2D eigenvalue weighted by Crippen LogP contribution is 2.52. The number of pyridine rings is 1. The first kappa shape index (κ1) is 14.1. The Morgan fingerprint density at radius 1 is 1.43 bits per heavy atom. The smallest absolute Gasteiger partial charge is 0.329 e. The number of hydrogen-bond donors (Lipinski definition) is 2. The summed E-state index contributed by atoms with van der Waals surface area (Å²) in [5, 5.41) is 10.3. The van der Waals surface area contributed by atoms with E-state index >= 15 is 0 Å². The lowest BCUT2D eigenvalue weighted by molar-refractivity contribution is 0.0764. The summed E-state index contributed by atoms with van der Waals surface area (Å²) in [6.07, 6.45) is 2.77. The number of carbonyl (C=O) groups is 1. The van der Waals surface area contributed by atoms with E-state index in [0.717, 1.165) is 12.8 Å². The van der Waals surface area contributed by atoms with Gasteiger partial charge in [-0.05, 0) is 18.9 Å². The van der Waals surface area contributed by atoms with Gasteiger partial charge in [-0.25, -0.2) is 9.78 Å². The number of β-amino-alcohol motifs (C(OH)–C–C–N with tert-alkyl or cyclic N) is 1. The highest BCUT2D eigenvalue weighted by atomic mass is 16.3. The monoisotopic (exact) mass is 316 g/mol. The first-order valence-corrected chi connectivity index (χ1v) is 7.48. The number of carbonyl (C=O) groups excluding carboxylic acids is 1. The fraction of sp³-hybridized carbons (Fsp3) is 0.467. The van der Waals surface area contributed by atoms with E-state index in [0.29, 0.717) is 13.1 Å². The average Bonchev–Trinajstić information content (AvgIpc) is 3.24. The Kier molecular flexibility index (Phi) is 2.77. The third kappa shape index (κ3) is 2.02. The van der Waals surface area contributed by atoms with E-state index in [1.165, 1.54) is 23.9 Å². The van der Waals surface area contributed by atoms with Gasteiger partial charge in [0.05, 0.1) is 17.1 Å². The van der Waals surface area contributed by atoms with Crippen molar-refractivity contribution in [1.29, 1.82) is 0 Å². The van der Waals surface area contributed by atoms with Gasteiger partial charge < -0.3 is 10.0 Å². The summed E-state index contributed by atoms with van der Waals surface area (Å²) < 4.78 is 1.23. The van der Waals surface area contributed by atoms with Crippen molar-refractivity contribution in [2.45, 2.75) is 18.9 Å². The minimum Gasteiger partial charge on any atom is -0.391 e. The van der Waals surface area contributed by atoms with Crippen molar-refractivity contribution in [2.24, 2.45) is 12.5 Å². The quantitative estimate of drug-likeness (QED) is 0.717. The van der Waals surface area contributed by atoms with Gasteiger partial charge in [0.15, 0.2) is 0 Å². The van der Waals surface area contributed by atoms with Gasteiger partial charge in [-0.3, -0.25) is 19.1 Å². The minimum absolute atomic E-state index is 0.124. The van der Waals surface area contributed by atoms with Crippen molar-refractivity contribution >= 4 is 16.9 Å². The summed E-state index contributed by atoms with van der Waals surface area (Å²) >= 11 is 0. The molecule has 1 amide bonds. The van der Waals surface area contributed by atoms with Gasteiger partial charge in [-0.2, -0.15) is 0 Å². The first-order chi connectivity index (χ1) is 10.9. The van der Waals surface area contributed by atoms with Crippen molar-refractivity contribution in [3.63, 3.8) is 0 Å². The molecule has 2 N–H and O–H groups in total. The number of aromatic nitrogens is 3. The van der Waals surface area contributed by atoms with Crippen LogP contribution in [0.25, 0.3) is 11.0 Å². The second-order valence-electron chi connectivity index (χ2n) is 6.48. The molecule has 1 saturated heterocycles. The number of nitrogens with zero attached hydrogens (tertiary/aromatic N) is 3. The lowest BCUT2D eigenvalue weighted by atomic mass is 10.0. The van der Waals surface area contributed by atoms with Gasteiger partial charge in [0.1, 0.15) is 5.65 Å². The normalized spacial score (nSPS) is 22.0. The van der Waals surface area contributed by atoms with E-state index in [-0.39, 0.29) is 27.9 Å². The fourth-order valence-electron chi connectivity index (χ4n) is 3.29. The molecule has 2 aromatic rings. The summed E-state index contributed by atoms with van der Waals surface area (Å²) in [5.74, 6) is -0.254. The molecule has 8 heteroatoms. The first-order valence-electron chi connectivity index (χ1n) is 7.48. The molecule has 23 heavy (non-hydrogen) atoms. The molecule has 1 unspecified atom stereocenters. The molecule has 2 aliphatic rings. The lowest BCUT2D eigenvalue weighted by Gasteiger charge is -2.16. The van der Waals surface area contributed by atoms with E-state index in [4.69, 9.17) is 0 Å². The van der Waals surface area contributed by atoms with Crippen LogP contribution in [0.1, 0.15) is 23.2 Å². The number of hydrogen-bond acceptors (Lipinski definition) is 5. The minimum atomic E-state index is -0.564. The maximum absolute atomic E-state index is 12.6. The van der Waals surface area contributed by atoms with Crippen LogP contribution in [0.15, 0.2) is 21.9 Å². The van der Waals surface area contributed by atoms with Crippen LogP contribution in [0.5, 0.6) is 0 Å². The Bertz CT molecular complexity index is 941. The van der Waals surface area contributed by atoms with Crippen LogP contribution >= 0.6 is 0 Å². The number of aromatic amines is 1. The van der Waals surface area contributed by atoms with Gasteiger partial charge in [0.25, 0.3) is 11.5 Å². The second-order valence-corrected chi connectivity index (χ2v) is 6.48. The van der Waals surface area contributed by atoms with Crippen LogP contribution in [0.4, 0.5) is 0 Å². The largest absolute Gasteiger partial charge is 0.391 e. The number of nitrogens with one attached hydrogen (secondary N) is 1. The highest BCUT2D eigenvalue weighted by molar-refractivity contribution is 5.97. The van der Waals surface area contributed by atoms with Crippen LogP contribution in [0.3, 0.4) is 0 Å². The molecular weight excluding hydrogens is 300 g/mol. The number of likely N-dealkylation sites (tertiary alicyclic amines) is 1. The molecule has 2 fully saturated rings. The van der Waals surface area contributed by atoms with E-state index in [1.54, 1.807) is 4.90 Å². The molecule has 8 nitrogen and oxygen atoms in total. The SMILES string of the molecule is Cn1c(=O)[nH]c(=O)c2cc(C(=O)N3CC(O)C4(CC4)C3)cnc21. The van der Waals surface area contributed by atoms with Gasteiger partial charge in [-0.1, -0.05) is 0 Å². The number of H-pyrrole nitrogens is 1. The number of fused-ring (bicyclic) bond motifs is 1. The third-order valence-corrected chi connectivity index (χ3v) is 4.99. The lowest BCUT2D eigenvalue weighted by Crippen LogP contribution is -2.31. The Hall–Kier alpha value is -2.48. The van der Waals surface area contributed by atoms with Crippen LogP contribution < -0.4 is 11.2 Å². The summed E-state index contributed by atoms with van der Waals surface area (Å²) in [6.45, 7) is 0.842. The molecule has 1 spiro atoms. The number of aryl methyl sites for hydroxylation is 1. The maximum Gasteiger partial charge on any atom is 0.329 e. The molecule has 3 heterocycles. The summed E-state index contributed by atoms with van der Waals surface area (Å²) in [5.41, 5.74) is -0.721. The highest BCUT2D eigenvalue weighted by Gasteiger charge is 2.55. The molecule has 0 radical (unpaired) electrons. The van der Waals surface area contributed by atoms with E-state index < -0.39 is 17.4 Å². The molecule has 1 aliphatic carbocycles. The Labute approximate surface area is 130 Å². The van der Waals surface area contributed by atoms with E-state index in [9.17, 15) is 19.5 Å². The zero-order chi connectivity index (χ0) is 16.4. The summed E-state index contributed by atoms with van der Waals surface area (Å²) in [4.78, 5) is 44.0. The fourth-order valence-corrected chi connectivity index (χ4v) is 3.29. The number of amides is 1. The van der Waals surface area contributed by atoms with Gasteiger partial charge in [0, 0.05) is 31.7 Å². The molecule has 1 atom stereocenters. The predicted octanol–water partition coefficient (Wildman–Crippen LogP) is -0.781. The van der Waals surface area contributed by atoms with Gasteiger partial charge in [-0.15, -0.1) is 0 Å². The Morgan fingerprint density at radius 3 is 2.83 bits per heavy atom. The van der Waals surface area contributed by atoms with Crippen LogP contribution in [0, 0.1) is 5.41 Å². The predicted molar refractivity (Wildman–Crippen MR) is 81.2 cm³/mol. The molecule has 0 aromatic carbocycles. The van der Waals surface area contributed by atoms with Gasteiger partial charge in [0.2, 0.25) is 0 Å². The van der Waals surface area contributed by atoms with Crippen molar-refractivity contribution in [2.75, 3.05) is 13.1 Å².